The Morgan fingerprint density at radius 1 is 0.467 bits per heavy atom. The normalized spacial score (nSPS) is 11.8. The van der Waals surface area contributed by atoms with Gasteiger partial charge in [0.1, 0.15) is 0 Å². The highest BCUT2D eigenvalue weighted by molar-refractivity contribution is 4.93. The molecular formula is C30H56. The summed E-state index contributed by atoms with van der Waals surface area (Å²) in [5.74, 6) is 0. The minimum atomic E-state index is 1.12. The van der Waals surface area contributed by atoms with Crippen molar-refractivity contribution < 1.29 is 0 Å². The molecule has 0 rings (SSSR count). The molecule has 0 heteroatoms. The molecule has 30 heavy (non-hydrogen) atoms. The Morgan fingerprint density at radius 2 is 0.833 bits per heavy atom. The van der Waals surface area contributed by atoms with Gasteiger partial charge in [-0.05, 0) is 57.8 Å². The lowest BCUT2D eigenvalue weighted by Gasteiger charge is -2.06. The van der Waals surface area contributed by atoms with E-state index >= 15 is 0 Å². The standard InChI is InChI=1S/C30H56/c1-4-6-8-10-12-13-14-15-16-17-18-19-20-21-23-25-27-29-30(3)28-26-24-22-11-9-7-5-2/h12-13,15-16H,3-11,14,17-29H2,1-2H3/b13-12-,16-15-. The van der Waals surface area contributed by atoms with Gasteiger partial charge in [0, 0.05) is 0 Å². The molecule has 0 nitrogen and oxygen atoms in total. The highest BCUT2D eigenvalue weighted by Gasteiger charge is 1.97. The van der Waals surface area contributed by atoms with Crippen molar-refractivity contribution in [1.29, 1.82) is 0 Å². The third kappa shape index (κ3) is 25.3. The van der Waals surface area contributed by atoms with Crippen LogP contribution < -0.4 is 0 Å². The second-order valence-electron chi connectivity index (χ2n) is 9.31. The SMILES string of the molecule is C=C(CCCCCCCCC)CCCCCCCCC/C=C\C/C=C\CCCCC. The van der Waals surface area contributed by atoms with Crippen LogP contribution in [0.3, 0.4) is 0 Å². The van der Waals surface area contributed by atoms with Crippen LogP contribution in [0.25, 0.3) is 0 Å². The Kier molecular flexibility index (Phi) is 25.6. The molecule has 0 radical (unpaired) electrons. The predicted molar refractivity (Wildman–Crippen MR) is 140 cm³/mol. The number of hydrogen-bond donors (Lipinski definition) is 0. The lowest BCUT2D eigenvalue weighted by atomic mass is 10.0. The molecular weight excluding hydrogens is 360 g/mol. The molecule has 0 aromatic heterocycles. The third-order valence-corrected chi connectivity index (χ3v) is 6.11. The summed E-state index contributed by atoms with van der Waals surface area (Å²) in [5, 5.41) is 0. The van der Waals surface area contributed by atoms with Crippen molar-refractivity contribution in [3.05, 3.63) is 36.5 Å². The average molecular weight is 417 g/mol. The first-order valence-corrected chi connectivity index (χ1v) is 13.8. The van der Waals surface area contributed by atoms with Crippen molar-refractivity contribution in [3.8, 4) is 0 Å². The zero-order chi connectivity index (χ0) is 22.0. The van der Waals surface area contributed by atoms with Crippen molar-refractivity contribution in [1.82, 2.24) is 0 Å². The van der Waals surface area contributed by atoms with Gasteiger partial charge in [-0.25, -0.2) is 0 Å². The molecule has 0 N–H and O–H groups in total. The quantitative estimate of drug-likeness (QED) is 0.108. The van der Waals surface area contributed by atoms with Gasteiger partial charge in [0.15, 0.2) is 0 Å². The Hall–Kier alpha value is -0.780. The van der Waals surface area contributed by atoms with Crippen LogP contribution in [0.4, 0.5) is 0 Å². The summed E-state index contributed by atoms with van der Waals surface area (Å²) in [6.07, 6.45) is 39.3. The minimum Gasteiger partial charge on any atom is -0.0999 e. The first-order valence-electron chi connectivity index (χ1n) is 13.8. The Morgan fingerprint density at radius 3 is 1.33 bits per heavy atom. The molecule has 0 atom stereocenters. The second-order valence-corrected chi connectivity index (χ2v) is 9.31. The predicted octanol–water partition coefficient (Wildman–Crippen LogP) is 11.3. The van der Waals surface area contributed by atoms with Gasteiger partial charge in [0.25, 0.3) is 0 Å². The van der Waals surface area contributed by atoms with Crippen molar-refractivity contribution in [2.24, 2.45) is 0 Å². The third-order valence-electron chi connectivity index (χ3n) is 6.11. The van der Waals surface area contributed by atoms with E-state index in [0.29, 0.717) is 0 Å². The molecule has 0 spiro atoms. The van der Waals surface area contributed by atoms with E-state index in [4.69, 9.17) is 0 Å². The molecule has 0 heterocycles. The van der Waals surface area contributed by atoms with Crippen LogP contribution in [0.1, 0.15) is 155 Å². The Balaban J connectivity index is 3.23. The first-order chi connectivity index (χ1) is 14.8. The molecule has 0 saturated carbocycles. The van der Waals surface area contributed by atoms with Crippen LogP contribution in [-0.4, -0.2) is 0 Å². The minimum absolute atomic E-state index is 1.12. The van der Waals surface area contributed by atoms with Crippen molar-refractivity contribution in [2.75, 3.05) is 0 Å². The molecule has 0 aromatic carbocycles. The largest absolute Gasteiger partial charge is 0.0999 e. The molecule has 0 unspecified atom stereocenters. The molecule has 0 bridgehead atoms. The summed E-state index contributed by atoms with van der Waals surface area (Å²) in [4.78, 5) is 0. The highest BCUT2D eigenvalue weighted by atomic mass is 14.0. The topological polar surface area (TPSA) is 0 Å². The molecule has 0 saturated heterocycles. The molecule has 176 valence electrons. The van der Waals surface area contributed by atoms with Gasteiger partial charge in [-0.1, -0.05) is 134 Å². The highest BCUT2D eigenvalue weighted by Crippen LogP contribution is 2.17. The number of allylic oxidation sites excluding steroid dienone is 5. The van der Waals surface area contributed by atoms with Gasteiger partial charge >= 0.3 is 0 Å². The summed E-state index contributed by atoms with van der Waals surface area (Å²) in [5.41, 5.74) is 1.51. The fourth-order valence-corrected chi connectivity index (χ4v) is 4.00. The van der Waals surface area contributed by atoms with Crippen LogP contribution in [0, 0.1) is 0 Å². The zero-order valence-corrected chi connectivity index (χ0v) is 21.1. The number of rotatable bonds is 24. The summed E-state index contributed by atoms with van der Waals surface area (Å²) in [7, 11) is 0. The van der Waals surface area contributed by atoms with Crippen LogP contribution in [-0.2, 0) is 0 Å². The van der Waals surface area contributed by atoms with E-state index in [-0.39, 0.29) is 0 Å². The molecule has 0 aliphatic heterocycles. The van der Waals surface area contributed by atoms with E-state index in [1.54, 1.807) is 0 Å². The van der Waals surface area contributed by atoms with Crippen LogP contribution in [0.15, 0.2) is 36.5 Å². The first kappa shape index (κ1) is 29.2. The molecule has 0 fully saturated rings. The van der Waals surface area contributed by atoms with E-state index in [9.17, 15) is 0 Å². The van der Waals surface area contributed by atoms with Crippen LogP contribution in [0.5, 0.6) is 0 Å². The Bertz CT molecular complexity index is 387. The molecule has 0 aliphatic carbocycles. The van der Waals surface area contributed by atoms with E-state index < -0.39 is 0 Å². The maximum absolute atomic E-state index is 4.30. The fourth-order valence-electron chi connectivity index (χ4n) is 4.00. The molecule has 0 aromatic rings. The molecule has 0 amide bonds. The number of unbranched alkanes of at least 4 members (excludes halogenated alkanes) is 16. The van der Waals surface area contributed by atoms with E-state index in [0.717, 1.165) is 6.42 Å². The van der Waals surface area contributed by atoms with Crippen molar-refractivity contribution in [2.45, 2.75) is 155 Å². The van der Waals surface area contributed by atoms with Gasteiger partial charge in [-0.15, -0.1) is 0 Å². The van der Waals surface area contributed by atoms with E-state index in [1.807, 2.05) is 0 Å². The van der Waals surface area contributed by atoms with Gasteiger partial charge in [0.2, 0.25) is 0 Å². The summed E-state index contributed by atoms with van der Waals surface area (Å²) < 4.78 is 0. The van der Waals surface area contributed by atoms with Crippen molar-refractivity contribution >= 4 is 0 Å². The van der Waals surface area contributed by atoms with Crippen LogP contribution in [0.2, 0.25) is 0 Å². The smallest absolute Gasteiger partial charge is 0.0169 e. The van der Waals surface area contributed by atoms with E-state index in [2.05, 4.69) is 44.7 Å². The van der Waals surface area contributed by atoms with Gasteiger partial charge in [-0.3, -0.25) is 0 Å². The zero-order valence-electron chi connectivity index (χ0n) is 21.1. The van der Waals surface area contributed by atoms with Gasteiger partial charge < -0.3 is 0 Å². The lowest BCUT2D eigenvalue weighted by Crippen LogP contribution is -1.86. The maximum atomic E-state index is 4.30. The molecule has 0 aliphatic rings. The summed E-state index contributed by atoms with van der Waals surface area (Å²) in [6.45, 7) is 8.86. The fraction of sp³-hybridized carbons (Fsp3) is 0.800. The monoisotopic (exact) mass is 416 g/mol. The number of hydrogen-bond acceptors (Lipinski definition) is 0. The Labute approximate surface area is 191 Å². The lowest BCUT2D eigenvalue weighted by molar-refractivity contribution is 0.567. The van der Waals surface area contributed by atoms with Crippen molar-refractivity contribution in [3.63, 3.8) is 0 Å². The average Bonchev–Trinajstić information content (AvgIpc) is 2.75. The second kappa shape index (κ2) is 26.3. The maximum Gasteiger partial charge on any atom is -0.0169 e. The van der Waals surface area contributed by atoms with Gasteiger partial charge in [-0.2, -0.15) is 0 Å². The van der Waals surface area contributed by atoms with Gasteiger partial charge in [0.05, 0.1) is 0 Å². The van der Waals surface area contributed by atoms with Crippen LogP contribution >= 0.6 is 0 Å². The summed E-state index contributed by atoms with van der Waals surface area (Å²) in [6, 6.07) is 0. The summed E-state index contributed by atoms with van der Waals surface area (Å²) >= 11 is 0. The van der Waals surface area contributed by atoms with E-state index in [1.165, 1.54) is 140 Å².